The molecule has 0 bridgehead atoms. The van der Waals surface area contributed by atoms with Crippen LogP contribution in [0, 0.1) is 0 Å². The first kappa shape index (κ1) is 15.0. The summed E-state index contributed by atoms with van der Waals surface area (Å²) in [5.41, 5.74) is 0.935. The van der Waals surface area contributed by atoms with E-state index in [0.29, 0.717) is 13.0 Å². The van der Waals surface area contributed by atoms with Gasteiger partial charge in [0.1, 0.15) is 6.29 Å². The van der Waals surface area contributed by atoms with Crippen LogP contribution in [0.25, 0.3) is 0 Å². The molecule has 1 atom stereocenters. The van der Waals surface area contributed by atoms with Crippen LogP contribution in [0.2, 0.25) is 0 Å². The molecule has 1 rings (SSSR count). The molecule has 0 aliphatic rings. The Hall–Kier alpha value is -2.01. The Morgan fingerprint density at radius 2 is 1.95 bits per heavy atom. The molecule has 0 saturated heterocycles. The summed E-state index contributed by atoms with van der Waals surface area (Å²) in [7, 11) is 1.64. The zero-order chi connectivity index (χ0) is 14.1. The highest BCUT2D eigenvalue weighted by Gasteiger charge is 2.15. The van der Waals surface area contributed by atoms with Crippen molar-refractivity contribution in [2.24, 2.45) is 0 Å². The highest BCUT2D eigenvalue weighted by Crippen LogP contribution is 1.99. The normalized spacial score (nSPS) is 11.6. The monoisotopic (exact) mass is 262 g/mol. The summed E-state index contributed by atoms with van der Waals surface area (Å²) < 4.78 is 0. The molecule has 102 valence electrons. The van der Waals surface area contributed by atoms with Crippen molar-refractivity contribution in [3.05, 3.63) is 35.9 Å². The molecular weight excluding hydrogens is 244 g/mol. The van der Waals surface area contributed by atoms with Gasteiger partial charge in [0, 0.05) is 13.0 Å². The fourth-order valence-electron chi connectivity index (χ4n) is 1.56. The molecule has 0 aliphatic heterocycles. The first-order chi connectivity index (χ1) is 9.17. The van der Waals surface area contributed by atoms with Crippen LogP contribution in [-0.4, -0.2) is 31.1 Å². The Kier molecular flexibility index (Phi) is 6.46. The highest BCUT2D eigenvalue weighted by atomic mass is 16.2. The van der Waals surface area contributed by atoms with E-state index in [9.17, 15) is 14.4 Å². The first-order valence-electron chi connectivity index (χ1n) is 6.15. The lowest BCUT2D eigenvalue weighted by Gasteiger charge is -2.08. The van der Waals surface area contributed by atoms with Crippen molar-refractivity contribution in [3.8, 4) is 0 Å². The molecule has 1 aromatic rings. The number of Topliss-reactive ketones (excluding diaryl/α,β-unsaturated/α-hetero) is 1. The van der Waals surface area contributed by atoms with Crippen LogP contribution < -0.4 is 10.6 Å². The van der Waals surface area contributed by atoms with Gasteiger partial charge >= 0.3 is 0 Å². The molecule has 1 aromatic carbocycles. The van der Waals surface area contributed by atoms with E-state index in [-0.39, 0.29) is 12.5 Å². The molecule has 0 heterocycles. The number of amides is 1. The van der Waals surface area contributed by atoms with Gasteiger partial charge in [-0.1, -0.05) is 30.3 Å². The quantitative estimate of drug-likeness (QED) is 0.526. The fraction of sp³-hybridized carbons (Fsp3) is 0.357. The molecule has 19 heavy (non-hydrogen) atoms. The van der Waals surface area contributed by atoms with Gasteiger partial charge in [-0.15, -0.1) is 0 Å². The fourth-order valence-corrected chi connectivity index (χ4v) is 1.56. The van der Waals surface area contributed by atoms with E-state index in [1.54, 1.807) is 7.05 Å². The maximum Gasteiger partial charge on any atom is 0.287 e. The van der Waals surface area contributed by atoms with Crippen molar-refractivity contribution >= 4 is 18.0 Å². The molecule has 5 nitrogen and oxygen atoms in total. The van der Waals surface area contributed by atoms with Gasteiger partial charge in [-0.05, 0) is 19.0 Å². The van der Waals surface area contributed by atoms with Crippen LogP contribution in [0.1, 0.15) is 18.4 Å². The van der Waals surface area contributed by atoms with Crippen molar-refractivity contribution in [1.82, 2.24) is 10.6 Å². The number of hydrogen-bond acceptors (Lipinski definition) is 4. The van der Waals surface area contributed by atoms with Gasteiger partial charge in [0.2, 0.25) is 5.78 Å². The first-order valence-corrected chi connectivity index (χ1v) is 6.15. The van der Waals surface area contributed by atoms with E-state index in [1.165, 1.54) is 0 Å². The Morgan fingerprint density at radius 1 is 1.26 bits per heavy atom. The van der Waals surface area contributed by atoms with Gasteiger partial charge in [-0.2, -0.15) is 0 Å². The maximum absolute atomic E-state index is 11.5. The van der Waals surface area contributed by atoms with Crippen LogP contribution in [0.15, 0.2) is 30.3 Å². The van der Waals surface area contributed by atoms with Crippen molar-refractivity contribution in [3.63, 3.8) is 0 Å². The van der Waals surface area contributed by atoms with Crippen LogP contribution in [0.3, 0.4) is 0 Å². The molecule has 1 amide bonds. The molecule has 0 unspecified atom stereocenters. The van der Waals surface area contributed by atoms with Crippen LogP contribution in [0.5, 0.6) is 0 Å². The average Bonchev–Trinajstić information content (AvgIpc) is 2.46. The van der Waals surface area contributed by atoms with E-state index in [0.717, 1.165) is 11.8 Å². The van der Waals surface area contributed by atoms with E-state index in [2.05, 4.69) is 10.6 Å². The largest absolute Gasteiger partial charge is 0.345 e. The number of benzene rings is 1. The third-order valence-corrected chi connectivity index (χ3v) is 2.77. The minimum absolute atomic E-state index is 0.0604. The average molecular weight is 262 g/mol. The van der Waals surface area contributed by atoms with E-state index < -0.39 is 11.7 Å². The number of nitrogens with one attached hydrogen (secondary N) is 2. The Balaban J connectivity index is 2.33. The van der Waals surface area contributed by atoms with Gasteiger partial charge in [0.25, 0.3) is 5.91 Å². The SMILES string of the molecule is CN[C@H](C=O)CCC(=O)C(=O)NCc1ccccc1. The summed E-state index contributed by atoms with van der Waals surface area (Å²) in [6, 6.07) is 8.97. The second-order valence-electron chi connectivity index (χ2n) is 4.16. The third kappa shape index (κ3) is 5.44. The zero-order valence-corrected chi connectivity index (χ0v) is 10.9. The van der Waals surface area contributed by atoms with Crippen molar-refractivity contribution in [2.45, 2.75) is 25.4 Å². The molecule has 0 saturated carbocycles. The summed E-state index contributed by atoms with van der Waals surface area (Å²) in [4.78, 5) is 33.6. The molecule has 0 fully saturated rings. The van der Waals surface area contributed by atoms with Gasteiger partial charge < -0.3 is 15.4 Å². The highest BCUT2D eigenvalue weighted by molar-refractivity contribution is 6.36. The number of ketones is 1. The number of carbonyl (C=O) groups is 3. The topological polar surface area (TPSA) is 75.3 Å². The van der Waals surface area contributed by atoms with Crippen molar-refractivity contribution in [1.29, 1.82) is 0 Å². The summed E-state index contributed by atoms with van der Waals surface area (Å²) >= 11 is 0. The molecular formula is C14H18N2O3. The van der Waals surface area contributed by atoms with E-state index in [4.69, 9.17) is 0 Å². The molecule has 0 spiro atoms. The number of hydrogen-bond donors (Lipinski definition) is 2. The van der Waals surface area contributed by atoms with Gasteiger partial charge in [-0.3, -0.25) is 9.59 Å². The van der Waals surface area contributed by atoms with Gasteiger partial charge in [0.05, 0.1) is 6.04 Å². The Morgan fingerprint density at radius 3 is 2.53 bits per heavy atom. The van der Waals surface area contributed by atoms with Crippen molar-refractivity contribution in [2.75, 3.05) is 7.05 Å². The molecule has 0 aromatic heterocycles. The Bertz CT molecular complexity index is 432. The van der Waals surface area contributed by atoms with Gasteiger partial charge in [-0.25, -0.2) is 0 Å². The molecule has 0 radical (unpaired) electrons. The van der Waals surface area contributed by atoms with Crippen LogP contribution >= 0.6 is 0 Å². The van der Waals surface area contributed by atoms with Crippen molar-refractivity contribution < 1.29 is 14.4 Å². The minimum atomic E-state index is -0.607. The van der Waals surface area contributed by atoms with Gasteiger partial charge in [0.15, 0.2) is 0 Å². The lowest BCUT2D eigenvalue weighted by atomic mass is 10.1. The second kappa shape index (κ2) is 8.16. The number of aldehydes is 1. The smallest absolute Gasteiger partial charge is 0.287 e. The Labute approximate surface area is 112 Å². The minimum Gasteiger partial charge on any atom is -0.345 e. The standard InChI is InChI=1S/C14H18N2O3/c1-15-12(10-17)7-8-13(18)14(19)16-9-11-5-3-2-4-6-11/h2-6,10,12,15H,7-9H2,1H3,(H,16,19)/t12-/m0/s1. The number of likely N-dealkylation sites (N-methyl/N-ethyl adjacent to an activating group) is 1. The summed E-state index contributed by atoms with van der Waals surface area (Å²) in [5, 5.41) is 5.31. The molecule has 2 N–H and O–H groups in total. The number of rotatable bonds is 8. The summed E-state index contributed by atoms with van der Waals surface area (Å²) in [6.07, 6.45) is 1.12. The van der Waals surface area contributed by atoms with Crippen LogP contribution in [0.4, 0.5) is 0 Å². The van der Waals surface area contributed by atoms with E-state index >= 15 is 0 Å². The lowest BCUT2D eigenvalue weighted by Crippen LogP contribution is -2.33. The second-order valence-corrected chi connectivity index (χ2v) is 4.16. The summed E-state index contributed by atoms with van der Waals surface area (Å²) in [6.45, 7) is 0.328. The summed E-state index contributed by atoms with van der Waals surface area (Å²) in [5.74, 6) is -1.11. The predicted octanol–water partition coefficient (Wildman–Crippen LogP) is 0.439. The molecule has 5 heteroatoms. The lowest BCUT2D eigenvalue weighted by molar-refractivity contribution is -0.138. The molecule has 0 aliphatic carbocycles. The maximum atomic E-state index is 11.5. The zero-order valence-electron chi connectivity index (χ0n) is 10.9. The predicted molar refractivity (Wildman–Crippen MR) is 71.4 cm³/mol. The number of carbonyl (C=O) groups excluding carboxylic acids is 3. The van der Waals surface area contributed by atoms with Crippen LogP contribution in [-0.2, 0) is 20.9 Å². The third-order valence-electron chi connectivity index (χ3n) is 2.77. The van der Waals surface area contributed by atoms with E-state index in [1.807, 2.05) is 30.3 Å².